The van der Waals surface area contributed by atoms with Crippen molar-refractivity contribution in [3.8, 4) is 0 Å². The van der Waals surface area contributed by atoms with E-state index in [1.165, 1.54) is 6.42 Å². The van der Waals surface area contributed by atoms with Gasteiger partial charge in [0.1, 0.15) is 0 Å². The van der Waals surface area contributed by atoms with E-state index in [2.05, 4.69) is 23.8 Å². The van der Waals surface area contributed by atoms with Crippen LogP contribution in [-0.2, 0) is 14.8 Å². The van der Waals surface area contributed by atoms with Crippen LogP contribution in [0.15, 0.2) is 53.6 Å². The number of carbonyl (C=O) groups is 1. The number of anilines is 1. The third kappa shape index (κ3) is 4.98. The summed E-state index contributed by atoms with van der Waals surface area (Å²) in [5, 5.41) is 6.49. The highest BCUT2D eigenvalue weighted by Gasteiger charge is 2.37. The number of hydrazone groups is 1. The number of hydrogen-bond donors (Lipinski definition) is 1. The summed E-state index contributed by atoms with van der Waals surface area (Å²) in [7, 11) is -3.37. The van der Waals surface area contributed by atoms with Crippen molar-refractivity contribution in [1.29, 1.82) is 0 Å². The molecule has 0 radical (unpaired) electrons. The Morgan fingerprint density at radius 1 is 1.06 bits per heavy atom. The molecule has 4 rings (SSSR count). The van der Waals surface area contributed by atoms with Gasteiger partial charge in [0, 0.05) is 18.0 Å². The molecule has 1 heterocycles. The molecule has 6 nitrogen and oxygen atoms in total. The molecule has 0 saturated heterocycles. The number of benzene rings is 2. The Morgan fingerprint density at radius 2 is 1.81 bits per heavy atom. The Balaban J connectivity index is 1.68. The molecule has 1 aliphatic carbocycles. The van der Waals surface area contributed by atoms with Crippen LogP contribution in [0, 0.1) is 12.8 Å². The lowest BCUT2D eigenvalue weighted by Gasteiger charge is -2.29. The first-order chi connectivity index (χ1) is 14.8. The fourth-order valence-corrected chi connectivity index (χ4v) is 5.16. The monoisotopic (exact) mass is 439 g/mol. The Kier molecular flexibility index (Phi) is 6.14. The summed E-state index contributed by atoms with van der Waals surface area (Å²) in [6.07, 6.45) is 6.96. The van der Waals surface area contributed by atoms with Gasteiger partial charge in [-0.1, -0.05) is 55.7 Å². The first-order valence-electron chi connectivity index (χ1n) is 10.9. The van der Waals surface area contributed by atoms with Crippen LogP contribution in [0.25, 0.3) is 0 Å². The Hall–Kier alpha value is -2.67. The fourth-order valence-electron chi connectivity index (χ4n) is 4.60. The highest BCUT2D eigenvalue weighted by Crippen LogP contribution is 2.37. The molecule has 7 heteroatoms. The summed E-state index contributed by atoms with van der Waals surface area (Å²) >= 11 is 0. The summed E-state index contributed by atoms with van der Waals surface area (Å²) in [6, 6.07) is 15.2. The molecule has 2 aromatic carbocycles. The number of nitrogens with zero attached hydrogens (tertiary/aromatic N) is 2. The molecule has 2 aromatic rings. The van der Waals surface area contributed by atoms with Gasteiger partial charge in [-0.3, -0.25) is 9.52 Å². The van der Waals surface area contributed by atoms with Crippen LogP contribution >= 0.6 is 0 Å². The molecule has 1 amide bonds. The Bertz CT molecular complexity index is 1100. The van der Waals surface area contributed by atoms with Crippen LogP contribution in [0.1, 0.15) is 61.3 Å². The lowest BCUT2D eigenvalue weighted by atomic mass is 9.87. The van der Waals surface area contributed by atoms with Crippen LogP contribution in [0.4, 0.5) is 5.69 Å². The molecule has 0 aromatic heterocycles. The van der Waals surface area contributed by atoms with Gasteiger partial charge < -0.3 is 0 Å². The topological polar surface area (TPSA) is 78.8 Å². The van der Waals surface area contributed by atoms with Crippen LogP contribution in [0.3, 0.4) is 0 Å². The summed E-state index contributed by atoms with van der Waals surface area (Å²) in [4.78, 5) is 13.5. The number of carbonyl (C=O) groups excluding carboxylic acids is 1. The van der Waals surface area contributed by atoms with Crippen molar-refractivity contribution < 1.29 is 13.2 Å². The van der Waals surface area contributed by atoms with Gasteiger partial charge in [0.15, 0.2) is 0 Å². The largest absolute Gasteiger partial charge is 0.284 e. The first kappa shape index (κ1) is 21.6. The number of sulfonamides is 1. The van der Waals surface area contributed by atoms with E-state index in [-0.39, 0.29) is 17.9 Å². The Morgan fingerprint density at radius 3 is 2.52 bits per heavy atom. The lowest BCUT2D eigenvalue weighted by molar-refractivity contribution is -0.138. The second-order valence-corrected chi connectivity index (χ2v) is 10.3. The minimum absolute atomic E-state index is 0.0293. The predicted octanol–water partition coefficient (Wildman–Crippen LogP) is 4.62. The molecule has 1 atom stereocenters. The summed E-state index contributed by atoms with van der Waals surface area (Å²) in [6.45, 7) is 2.06. The van der Waals surface area contributed by atoms with E-state index in [4.69, 9.17) is 5.10 Å². The maximum absolute atomic E-state index is 13.5. The molecule has 1 fully saturated rings. The number of hydrogen-bond acceptors (Lipinski definition) is 4. The highest BCUT2D eigenvalue weighted by atomic mass is 32.2. The normalized spacial score (nSPS) is 19.9. The zero-order valence-electron chi connectivity index (χ0n) is 18.0. The summed E-state index contributed by atoms with van der Waals surface area (Å²) in [5.74, 6) is 0.134. The lowest BCUT2D eigenvalue weighted by Crippen LogP contribution is -2.34. The number of nitrogens with one attached hydrogen (secondary N) is 1. The van der Waals surface area contributed by atoms with E-state index in [9.17, 15) is 13.2 Å². The zero-order chi connectivity index (χ0) is 22.0. The maximum Gasteiger partial charge on any atom is 0.246 e. The molecule has 1 saturated carbocycles. The first-order valence-corrected chi connectivity index (χ1v) is 12.8. The predicted molar refractivity (Wildman–Crippen MR) is 123 cm³/mol. The van der Waals surface area contributed by atoms with Crippen molar-refractivity contribution in [3.63, 3.8) is 0 Å². The van der Waals surface area contributed by atoms with Gasteiger partial charge in [-0.05, 0) is 48.6 Å². The van der Waals surface area contributed by atoms with Crippen LogP contribution in [0.2, 0.25) is 0 Å². The highest BCUT2D eigenvalue weighted by molar-refractivity contribution is 7.92. The van der Waals surface area contributed by atoms with E-state index in [1.54, 1.807) is 23.2 Å². The molecule has 2 aliphatic rings. The minimum Gasteiger partial charge on any atom is -0.284 e. The number of aryl methyl sites for hydroxylation is 1. The zero-order valence-corrected chi connectivity index (χ0v) is 18.9. The standard InChI is InChI=1S/C24H29N3O3S/c1-17-9-6-7-14-21(17)23-16-22(19-12-8-13-20(15-19)26-31(2,29)30)25-27(23)24(28)18-10-4-3-5-11-18/h6-9,12-15,18,23,26H,3-5,10-11,16H2,1-2H3/t23-/m0/s1. The quantitative estimate of drug-likeness (QED) is 0.738. The van der Waals surface area contributed by atoms with Crippen molar-refractivity contribution >= 4 is 27.3 Å². The fraction of sp³-hybridized carbons (Fsp3) is 0.417. The molecular weight excluding hydrogens is 410 g/mol. The van der Waals surface area contributed by atoms with Gasteiger partial charge >= 0.3 is 0 Å². The van der Waals surface area contributed by atoms with E-state index >= 15 is 0 Å². The van der Waals surface area contributed by atoms with Crippen molar-refractivity contribution in [2.24, 2.45) is 11.0 Å². The second-order valence-electron chi connectivity index (χ2n) is 8.60. The van der Waals surface area contributed by atoms with E-state index in [1.807, 2.05) is 18.2 Å². The van der Waals surface area contributed by atoms with Gasteiger partial charge in [-0.2, -0.15) is 5.10 Å². The van der Waals surface area contributed by atoms with E-state index < -0.39 is 10.0 Å². The van der Waals surface area contributed by atoms with Crippen LogP contribution in [0.5, 0.6) is 0 Å². The Labute approximate surface area is 184 Å². The molecule has 164 valence electrons. The van der Waals surface area contributed by atoms with Gasteiger partial charge in [0.2, 0.25) is 15.9 Å². The molecule has 0 bridgehead atoms. The van der Waals surface area contributed by atoms with Crippen molar-refractivity contribution in [2.45, 2.75) is 51.5 Å². The van der Waals surface area contributed by atoms with Crippen molar-refractivity contribution in [1.82, 2.24) is 5.01 Å². The molecule has 31 heavy (non-hydrogen) atoms. The van der Waals surface area contributed by atoms with Gasteiger partial charge in [-0.25, -0.2) is 13.4 Å². The van der Waals surface area contributed by atoms with Crippen LogP contribution in [-0.4, -0.2) is 31.3 Å². The van der Waals surface area contributed by atoms with Crippen molar-refractivity contribution in [3.05, 3.63) is 65.2 Å². The molecule has 1 aliphatic heterocycles. The van der Waals surface area contributed by atoms with E-state index in [0.29, 0.717) is 12.1 Å². The molecule has 0 spiro atoms. The van der Waals surface area contributed by atoms with Crippen molar-refractivity contribution in [2.75, 3.05) is 11.0 Å². The third-order valence-corrected chi connectivity index (χ3v) is 6.74. The van der Waals surface area contributed by atoms with Crippen LogP contribution < -0.4 is 4.72 Å². The molecule has 0 unspecified atom stereocenters. The summed E-state index contributed by atoms with van der Waals surface area (Å²) in [5.41, 5.74) is 4.36. The van der Waals surface area contributed by atoms with Gasteiger partial charge in [-0.15, -0.1) is 0 Å². The number of rotatable bonds is 5. The SMILES string of the molecule is Cc1ccccc1[C@@H]1CC(c2cccc(NS(C)(=O)=O)c2)=NN1C(=O)C1CCCCC1. The average molecular weight is 440 g/mol. The average Bonchev–Trinajstić information content (AvgIpc) is 3.18. The summed E-state index contributed by atoms with van der Waals surface area (Å²) < 4.78 is 25.8. The third-order valence-electron chi connectivity index (χ3n) is 6.14. The smallest absolute Gasteiger partial charge is 0.246 e. The molecule has 1 N–H and O–H groups in total. The maximum atomic E-state index is 13.5. The number of amides is 1. The van der Waals surface area contributed by atoms with Gasteiger partial charge in [0.25, 0.3) is 0 Å². The second kappa shape index (κ2) is 8.83. The van der Waals surface area contributed by atoms with Gasteiger partial charge in [0.05, 0.1) is 18.0 Å². The molecular formula is C24H29N3O3S. The minimum atomic E-state index is -3.37. The van der Waals surface area contributed by atoms with E-state index in [0.717, 1.165) is 54.3 Å².